The lowest BCUT2D eigenvalue weighted by molar-refractivity contribution is -0.940. The molecule has 0 unspecified atom stereocenters. The Morgan fingerprint density at radius 1 is 0.871 bits per heavy atom. The van der Waals surface area contributed by atoms with Crippen molar-refractivity contribution >= 4 is 5.91 Å². The zero-order chi connectivity index (χ0) is 21.5. The van der Waals surface area contributed by atoms with Crippen molar-refractivity contribution in [2.75, 3.05) is 26.3 Å². The molecule has 2 N–H and O–H groups in total. The fourth-order valence-corrected chi connectivity index (χ4v) is 4.16. The van der Waals surface area contributed by atoms with E-state index in [1.807, 2.05) is 48.5 Å². The second-order valence-corrected chi connectivity index (χ2v) is 7.86. The summed E-state index contributed by atoms with van der Waals surface area (Å²) in [6, 6.07) is 27.5. The summed E-state index contributed by atoms with van der Waals surface area (Å²) in [5.74, 6) is 1.40. The molecule has 1 heterocycles. The molecule has 0 aromatic heterocycles. The number of quaternary nitrogens is 1. The van der Waals surface area contributed by atoms with Crippen LogP contribution in [0.5, 0.6) is 11.5 Å². The highest BCUT2D eigenvalue weighted by Gasteiger charge is 2.32. The minimum atomic E-state index is -0.0765. The van der Waals surface area contributed by atoms with Crippen molar-refractivity contribution in [1.29, 1.82) is 0 Å². The van der Waals surface area contributed by atoms with Crippen LogP contribution in [-0.2, 0) is 4.74 Å². The highest BCUT2D eigenvalue weighted by Crippen LogP contribution is 2.21. The van der Waals surface area contributed by atoms with Gasteiger partial charge in [-0.2, -0.15) is 0 Å². The monoisotopic (exact) mass is 417 g/mol. The number of morpholine rings is 1. The summed E-state index contributed by atoms with van der Waals surface area (Å²) < 4.78 is 11.4. The predicted octanol–water partition coefficient (Wildman–Crippen LogP) is 3.25. The van der Waals surface area contributed by atoms with E-state index in [9.17, 15) is 4.79 Å². The van der Waals surface area contributed by atoms with Gasteiger partial charge in [-0.05, 0) is 43.3 Å². The minimum Gasteiger partial charge on any atom is -0.457 e. The van der Waals surface area contributed by atoms with Gasteiger partial charge in [-0.25, -0.2) is 0 Å². The summed E-state index contributed by atoms with van der Waals surface area (Å²) in [7, 11) is 0. The number of rotatable bonds is 7. The fraction of sp³-hybridized carbons (Fsp3) is 0.269. The Labute approximate surface area is 183 Å². The van der Waals surface area contributed by atoms with Gasteiger partial charge >= 0.3 is 0 Å². The number of nitrogens with one attached hydrogen (secondary N) is 2. The van der Waals surface area contributed by atoms with Crippen LogP contribution < -0.4 is 15.0 Å². The maximum Gasteiger partial charge on any atom is 0.251 e. The number of para-hydroxylation sites is 1. The highest BCUT2D eigenvalue weighted by atomic mass is 16.5. The summed E-state index contributed by atoms with van der Waals surface area (Å²) >= 11 is 0. The number of ether oxygens (including phenoxy) is 2. The molecule has 1 fully saturated rings. The first-order chi connectivity index (χ1) is 15.2. The zero-order valence-electron chi connectivity index (χ0n) is 17.8. The fourth-order valence-electron chi connectivity index (χ4n) is 4.16. The van der Waals surface area contributed by atoms with Crippen molar-refractivity contribution in [3.05, 3.63) is 96.1 Å². The average molecular weight is 418 g/mol. The van der Waals surface area contributed by atoms with Gasteiger partial charge in [0.2, 0.25) is 0 Å². The molecule has 0 saturated carbocycles. The number of benzene rings is 3. The van der Waals surface area contributed by atoms with Gasteiger partial charge in [0.05, 0.1) is 19.3 Å². The normalized spacial score (nSPS) is 16.3. The second-order valence-electron chi connectivity index (χ2n) is 7.86. The number of hydrogen-bond donors (Lipinski definition) is 2. The quantitative estimate of drug-likeness (QED) is 0.621. The Balaban J connectivity index is 1.44. The van der Waals surface area contributed by atoms with E-state index in [-0.39, 0.29) is 18.0 Å². The third-order valence-corrected chi connectivity index (χ3v) is 5.69. The van der Waals surface area contributed by atoms with E-state index in [0.717, 1.165) is 32.1 Å². The minimum absolute atomic E-state index is 0.0248. The molecule has 1 saturated heterocycles. The Hall–Kier alpha value is -3.15. The van der Waals surface area contributed by atoms with Crippen molar-refractivity contribution in [1.82, 2.24) is 5.32 Å². The first-order valence-electron chi connectivity index (χ1n) is 10.8. The molecule has 5 heteroatoms. The number of carbonyl (C=O) groups is 1. The van der Waals surface area contributed by atoms with Crippen LogP contribution in [0.4, 0.5) is 0 Å². The molecule has 3 aromatic carbocycles. The zero-order valence-corrected chi connectivity index (χ0v) is 17.8. The van der Waals surface area contributed by atoms with Gasteiger partial charge in [-0.3, -0.25) is 4.79 Å². The summed E-state index contributed by atoms with van der Waals surface area (Å²) in [6.45, 7) is 5.46. The number of amides is 1. The van der Waals surface area contributed by atoms with Crippen LogP contribution >= 0.6 is 0 Å². The number of hydrogen-bond acceptors (Lipinski definition) is 3. The van der Waals surface area contributed by atoms with E-state index in [1.54, 1.807) is 12.1 Å². The summed E-state index contributed by atoms with van der Waals surface area (Å²) in [6.07, 6.45) is 0. The van der Waals surface area contributed by atoms with E-state index in [0.29, 0.717) is 11.3 Å². The van der Waals surface area contributed by atoms with Gasteiger partial charge in [0.1, 0.15) is 30.6 Å². The molecule has 0 aliphatic carbocycles. The molecular formula is C26H29N2O3+. The number of carbonyl (C=O) groups excluding carboxylic acids is 1. The molecule has 2 atom stereocenters. The highest BCUT2D eigenvalue weighted by molar-refractivity contribution is 5.94. The largest absolute Gasteiger partial charge is 0.457 e. The van der Waals surface area contributed by atoms with Crippen molar-refractivity contribution in [2.24, 2.45) is 0 Å². The van der Waals surface area contributed by atoms with Crippen LogP contribution in [-0.4, -0.2) is 38.3 Å². The molecule has 1 aliphatic rings. The van der Waals surface area contributed by atoms with Gasteiger partial charge in [0, 0.05) is 11.1 Å². The average Bonchev–Trinajstić information content (AvgIpc) is 2.82. The van der Waals surface area contributed by atoms with Gasteiger partial charge in [0.25, 0.3) is 5.91 Å². The van der Waals surface area contributed by atoms with Crippen LogP contribution in [0, 0.1) is 0 Å². The van der Waals surface area contributed by atoms with Crippen molar-refractivity contribution in [3.63, 3.8) is 0 Å². The van der Waals surface area contributed by atoms with Crippen LogP contribution in [0.25, 0.3) is 0 Å². The summed E-state index contributed by atoms with van der Waals surface area (Å²) in [5, 5.41) is 3.22. The molecule has 3 aromatic rings. The molecule has 1 amide bonds. The van der Waals surface area contributed by atoms with Gasteiger partial charge < -0.3 is 19.7 Å². The Morgan fingerprint density at radius 3 is 2.10 bits per heavy atom. The molecule has 0 radical (unpaired) electrons. The van der Waals surface area contributed by atoms with Crippen LogP contribution in [0.1, 0.15) is 28.9 Å². The predicted molar refractivity (Wildman–Crippen MR) is 121 cm³/mol. The van der Waals surface area contributed by atoms with E-state index in [4.69, 9.17) is 9.47 Å². The van der Waals surface area contributed by atoms with E-state index < -0.39 is 0 Å². The molecular weight excluding hydrogens is 388 g/mol. The van der Waals surface area contributed by atoms with Crippen molar-refractivity contribution in [2.45, 2.75) is 19.0 Å². The molecule has 4 rings (SSSR count). The lowest BCUT2D eigenvalue weighted by Crippen LogP contribution is -3.15. The first-order valence-corrected chi connectivity index (χ1v) is 10.8. The SMILES string of the molecule is C[C@H](NC(=O)c1ccc(Oc2ccccc2)cc1)[C@@H](c1ccccc1)[NH+]1CCOCC1. The maximum atomic E-state index is 13.0. The first kappa shape index (κ1) is 21.1. The molecule has 160 valence electrons. The van der Waals surface area contributed by atoms with Crippen LogP contribution in [0.3, 0.4) is 0 Å². The van der Waals surface area contributed by atoms with Gasteiger partial charge in [-0.1, -0.05) is 48.5 Å². The standard InChI is InChI=1S/C26H28N2O3/c1-20(25(21-8-4-2-5-9-21)28-16-18-30-19-17-28)27-26(29)22-12-14-24(15-13-22)31-23-10-6-3-7-11-23/h2-15,20,25H,16-19H2,1H3,(H,27,29)/p+1/t20-,25-/m0/s1. The lowest BCUT2D eigenvalue weighted by Gasteiger charge is -2.35. The topological polar surface area (TPSA) is 52.0 Å². The third kappa shape index (κ3) is 5.51. The van der Waals surface area contributed by atoms with Crippen LogP contribution in [0.15, 0.2) is 84.9 Å². The van der Waals surface area contributed by atoms with Gasteiger partial charge in [0.15, 0.2) is 0 Å². The molecule has 1 aliphatic heterocycles. The maximum absolute atomic E-state index is 13.0. The smallest absolute Gasteiger partial charge is 0.251 e. The van der Waals surface area contributed by atoms with E-state index >= 15 is 0 Å². The van der Waals surface area contributed by atoms with Crippen molar-refractivity contribution < 1.29 is 19.2 Å². The third-order valence-electron chi connectivity index (χ3n) is 5.69. The summed E-state index contributed by atoms with van der Waals surface area (Å²) in [5.41, 5.74) is 1.86. The molecule has 5 nitrogen and oxygen atoms in total. The Kier molecular flexibility index (Phi) is 6.97. The van der Waals surface area contributed by atoms with E-state index in [2.05, 4.69) is 36.5 Å². The van der Waals surface area contributed by atoms with E-state index in [1.165, 1.54) is 10.5 Å². The Morgan fingerprint density at radius 2 is 1.45 bits per heavy atom. The summed E-state index contributed by atoms with van der Waals surface area (Å²) in [4.78, 5) is 14.4. The Bertz CT molecular complexity index is 955. The molecule has 0 spiro atoms. The second kappa shape index (κ2) is 10.2. The van der Waals surface area contributed by atoms with Crippen molar-refractivity contribution in [3.8, 4) is 11.5 Å². The van der Waals surface area contributed by atoms with Crippen LogP contribution in [0.2, 0.25) is 0 Å². The lowest BCUT2D eigenvalue weighted by atomic mass is 9.97. The molecule has 0 bridgehead atoms. The molecule has 31 heavy (non-hydrogen) atoms. The van der Waals surface area contributed by atoms with Gasteiger partial charge in [-0.15, -0.1) is 0 Å².